The van der Waals surface area contributed by atoms with Crippen molar-refractivity contribution in [2.24, 2.45) is 0 Å². The lowest BCUT2D eigenvalue weighted by Crippen LogP contribution is -2.02. The van der Waals surface area contributed by atoms with Crippen LogP contribution in [0.15, 0.2) is 42.6 Å². The Kier molecular flexibility index (Phi) is 2.44. The molecule has 0 aliphatic heterocycles. The Balaban J connectivity index is 1.90. The van der Waals surface area contributed by atoms with Crippen LogP contribution in [0.1, 0.15) is 24.3 Å². The maximum Gasteiger partial charge on any atom is 0.153 e. The number of para-hydroxylation sites is 1. The Labute approximate surface area is 101 Å². The summed E-state index contributed by atoms with van der Waals surface area (Å²) in [5, 5.41) is 3.26. The predicted octanol–water partition coefficient (Wildman–Crippen LogP) is 3.28. The van der Waals surface area contributed by atoms with Crippen LogP contribution in [0.3, 0.4) is 0 Å². The highest BCUT2D eigenvalue weighted by Crippen LogP contribution is 2.44. The van der Waals surface area contributed by atoms with Gasteiger partial charge in [-0.15, -0.1) is 0 Å². The van der Waals surface area contributed by atoms with E-state index in [0.717, 1.165) is 17.2 Å². The molecule has 0 amide bonds. The molecule has 0 atom stereocenters. The fourth-order valence-electron chi connectivity index (χ4n) is 2.00. The average molecular weight is 225 g/mol. The summed E-state index contributed by atoms with van der Waals surface area (Å²) in [7, 11) is 0. The maximum absolute atomic E-state index is 6.15. The molecule has 17 heavy (non-hydrogen) atoms. The first-order chi connectivity index (χ1) is 8.34. The number of nitrogens with two attached hydrogens (primary N) is 1. The van der Waals surface area contributed by atoms with Crippen LogP contribution in [-0.2, 0) is 0 Å². The zero-order valence-corrected chi connectivity index (χ0v) is 9.56. The highest BCUT2D eigenvalue weighted by Gasteiger charge is 2.26. The first-order valence-electron chi connectivity index (χ1n) is 5.91. The minimum Gasteiger partial charge on any atom is -0.395 e. The molecule has 3 heteroatoms. The van der Waals surface area contributed by atoms with Gasteiger partial charge in [-0.1, -0.05) is 18.2 Å². The number of anilines is 3. The number of hydrogen-bond donors (Lipinski definition) is 2. The van der Waals surface area contributed by atoms with Gasteiger partial charge in [0, 0.05) is 11.9 Å². The minimum atomic E-state index is 0.648. The number of nitrogens with one attached hydrogen (secondary N) is 1. The summed E-state index contributed by atoms with van der Waals surface area (Å²) in [6, 6.07) is 12.0. The van der Waals surface area contributed by atoms with Crippen LogP contribution < -0.4 is 11.1 Å². The molecule has 3 nitrogen and oxygen atoms in total. The molecular weight excluding hydrogens is 210 g/mol. The van der Waals surface area contributed by atoms with Gasteiger partial charge >= 0.3 is 0 Å². The number of nitrogens with zero attached hydrogens (tertiary/aromatic N) is 1. The van der Waals surface area contributed by atoms with Gasteiger partial charge in [0.2, 0.25) is 0 Å². The van der Waals surface area contributed by atoms with Crippen molar-refractivity contribution in [3.63, 3.8) is 0 Å². The number of hydrogen-bond acceptors (Lipinski definition) is 3. The zero-order chi connectivity index (χ0) is 11.7. The third kappa shape index (κ3) is 2.09. The Morgan fingerprint density at radius 2 is 1.88 bits per heavy atom. The van der Waals surface area contributed by atoms with Crippen molar-refractivity contribution in [2.75, 3.05) is 11.1 Å². The quantitative estimate of drug-likeness (QED) is 0.842. The highest BCUT2D eigenvalue weighted by molar-refractivity contribution is 5.72. The van der Waals surface area contributed by atoms with Crippen LogP contribution in [-0.4, -0.2) is 4.98 Å². The Morgan fingerprint density at radius 3 is 2.59 bits per heavy atom. The smallest absolute Gasteiger partial charge is 0.153 e. The Morgan fingerprint density at radius 1 is 1.12 bits per heavy atom. The molecule has 3 rings (SSSR count). The standard InChI is InChI=1S/C14H15N3/c15-13-12(10-6-7-10)8-9-16-14(13)17-11-4-2-1-3-5-11/h1-5,8-10H,6-7,15H2,(H,16,17). The monoisotopic (exact) mass is 225 g/mol. The lowest BCUT2D eigenvalue weighted by Gasteiger charge is -2.11. The number of nitrogen functional groups attached to an aromatic ring is 1. The van der Waals surface area contributed by atoms with E-state index >= 15 is 0 Å². The molecule has 1 aromatic carbocycles. The van der Waals surface area contributed by atoms with Crippen molar-refractivity contribution in [3.8, 4) is 0 Å². The first-order valence-corrected chi connectivity index (χ1v) is 5.91. The zero-order valence-electron chi connectivity index (χ0n) is 9.56. The third-order valence-electron chi connectivity index (χ3n) is 3.08. The number of benzene rings is 1. The van der Waals surface area contributed by atoms with E-state index in [1.54, 1.807) is 0 Å². The molecule has 2 aromatic rings. The molecule has 1 aromatic heterocycles. The molecular formula is C14H15N3. The van der Waals surface area contributed by atoms with Crippen molar-refractivity contribution in [1.29, 1.82) is 0 Å². The predicted molar refractivity (Wildman–Crippen MR) is 70.3 cm³/mol. The topological polar surface area (TPSA) is 50.9 Å². The molecule has 1 heterocycles. The van der Waals surface area contributed by atoms with Gasteiger partial charge in [-0.05, 0) is 42.5 Å². The minimum absolute atomic E-state index is 0.648. The normalized spacial score (nSPS) is 14.6. The molecule has 1 aliphatic carbocycles. The van der Waals surface area contributed by atoms with Crippen LogP contribution in [0, 0.1) is 0 Å². The molecule has 0 saturated heterocycles. The van der Waals surface area contributed by atoms with Crippen molar-refractivity contribution in [1.82, 2.24) is 4.98 Å². The van der Waals surface area contributed by atoms with Crippen LogP contribution >= 0.6 is 0 Å². The molecule has 0 spiro atoms. The molecule has 0 unspecified atom stereocenters. The lowest BCUT2D eigenvalue weighted by molar-refractivity contribution is 1.11. The van der Waals surface area contributed by atoms with E-state index in [-0.39, 0.29) is 0 Å². The number of rotatable bonds is 3. The summed E-state index contributed by atoms with van der Waals surface area (Å²) in [5.41, 5.74) is 9.19. The molecule has 0 radical (unpaired) electrons. The summed E-state index contributed by atoms with van der Waals surface area (Å²) < 4.78 is 0. The molecule has 1 saturated carbocycles. The Bertz CT molecular complexity index is 518. The molecule has 1 aliphatic rings. The fourth-order valence-corrected chi connectivity index (χ4v) is 2.00. The molecule has 3 N–H and O–H groups in total. The second-order valence-electron chi connectivity index (χ2n) is 4.43. The maximum atomic E-state index is 6.15. The second kappa shape index (κ2) is 4.09. The van der Waals surface area contributed by atoms with Gasteiger partial charge in [0.15, 0.2) is 5.82 Å². The highest BCUT2D eigenvalue weighted by atomic mass is 15.0. The summed E-state index contributed by atoms with van der Waals surface area (Å²) >= 11 is 0. The van der Waals surface area contributed by atoms with E-state index in [9.17, 15) is 0 Å². The summed E-state index contributed by atoms with van der Waals surface area (Å²) in [5.74, 6) is 1.41. The van der Waals surface area contributed by atoms with Crippen LogP contribution in [0.2, 0.25) is 0 Å². The Hall–Kier alpha value is -2.03. The van der Waals surface area contributed by atoms with E-state index in [4.69, 9.17) is 5.73 Å². The first kappa shape index (κ1) is 10.1. The second-order valence-corrected chi connectivity index (χ2v) is 4.43. The van der Waals surface area contributed by atoms with Gasteiger partial charge < -0.3 is 11.1 Å². The van der Waals surface area contributed by atoms with Crippen molar-refractivity contribution in [2.45, 2.75) is 18.8 Å². The van der Waals surface area contributed by atoms with E-state index < -0.39 is 0 Å². The molecule has 1 fully saturated rings. The van der Waals surface area contributed by atoms with Crippen molar-refractivity contribution in [3.05, 3.63) is 48.2 Å². The number of pyridine rings is 1. The summed E-state index contributed by atoms with van der Waals surface area (Å²) in [6.07, 6.45) is 4.33. The van der Waals surface area contributed by atoms with E-state index in [0.29, 0.717) is 5.92 Å². The summed E-state index contributed by atoms with van der Waals surface area (Å²) in [4.78, 5) is 4.31. The fraction of sp³-hybridized carbons (Fsp3) is 0.214. The van der Waals surface area contributed by atoms with Gasteiger partial charge in [0.05, 0.1) is 5.69 Å². The summed E-state index contributed by atoms with van der Waals surface area (Å²) in [6.45, 7) is 0. The van der Waals surface area contributed by atoms with E-state index in [1.165, 1.54) is 18.4 Å². The molecule has 0 bridgehead atoms. The van der Waals surface area contributed by atoms with Crippen molar-refractivity contribution < 1.29 is 0 Å². The average Bonchev–Trinajstić information content (AvgIpc) is 3.17. The van der Waals surface area contributed by atoms with Crippen LogP contribution in [0.25, 0.3) is 0 Å². The van der Waals surface area contributed by atoms with Gasteiger partial charge in [0.25, 0.3) is 0 Å². The number of aromatic nitrogens is 1. The third-order valence-corrected chi connectivity index (χ3v) is 3.08. The largest absolute Gasteiger partial charge is 0.395 e. The van der Waals surface area contributed by atoms with E-state index in [1.807, 2.05) is 42.6 Å². The van der Waals surface area contributed by atoms with Gasteiger partial charge in [-0.25, -0.2) is 4.98 Å². The van der Waals surface area contributed by atoms with Gasteiger partial charge in [-0.2, -0.15) is 0 Å². The van der Waals surface area contributed by atoms with Crippen LogP contribution in [0.4, 0.5) is 17.2 Å². The SMILES string of the molecule is Nc1c(C2CC2)ccnc1Nc1ccccc1. The van der Waals surface area contributed by atoms with E-state index in [2.05, 4.69) is 10.3 Å². The van der Waals surface area contributed by atoms with Gasteiger partial charge in [-0.3, -0.25) is 0 Å². The lowest BCUT2D eigenvalue weighted by atomic mass is 10.1. The van der Waals surface area contributed by atoms with Crippen molar-refractivity contribution >= 4 is 17.2 Å². The van der Waals surface area contributed by atoms with Crippen LogP contribution in [0.5, 0.6) is 0 Å². The molecule has 86 valence electrons. The van der Waals surface area contributed by atoms with Gasteiger partial charge in [0.1, 0.15) is 0 Å².